The highest BCUT2D eigenvalue weighted by Crippen LogP contribution is 2.41. The monoisotopic (exact) mass is 139 g/mol. The first-order valence-electron chi connectivity index (χ1n) is 3.96. The average molecular weight is 139 g/mol. The predicted molar refractivity (Wildman–Crippen MR) is 44.7 cm³/mol. The summed E-state index contributed by atoms with van der Waals surface area (Å²) in [5.74, 6) is 0.674. The van der Waals surface area contributed by atoms with Crippen molar-refractivity contribution in [2.24, 2.45) is 17.1 Å². The molecule has 0 fully saturated rings. The molecule has 2 N–H and O–H groups in total. The highest BCUT2D eigenvalue weighted by Gasteiger charge is 2.33. The first-order chi connectivity index (χ1) is 4.59. The molecule has 1 aliphatic carbocycles. The Labute approximate surface area is 63.3 Å². The van der Waals surface area contributed by atoms with Gasteiger partial charge in [-0.15, -0.1) is 0 Å². The number of hydrogen-bond acceptors (Lipinski definition) is 1. The molecule has 0 spiro atoms. The molecule has 0 saturated carbocycles. The Hall–Kier alpha value is -0.300. The number of allylic oxidation sites excluding steroid dienone is 2. The fourth-order valence-corrected chi connectivity index (χ4v) is 1.59. The Morgan fingerprint density at radius 1 is 1.70 bits per heavy atom. The van der Waals surface area contributed by atoms with Gasteiger partial charge in [-0.1, -0.05) is 25.5 Å². The van der Waals surface area contributed by atoms with Crippen molar-refractivity contribution in [3.8, 4) is 0 Å². The van der Waals surface area contributed by atoms with Gasteiger partial charge in [-0.3, -0.25) is 0 Å². The summed E-state index contributed by atoms with van der Waals surface area (Å²) in [6.45, 7) is 7.59. The first-order valence-corrected chi connectivity index (χ1v) is 3.96. The van der Waals surface area contributed by atoms with Crippen LogP contribution in [0.2, 0.25) is 0 Å². The second-order valence-corrected chi connectivity index (χ2v) is 3.78. The van der Waals surface area contributed by atoms with E-state index in [0.717, 1.165) is 6.54 Å². The first kappa shape index (κ1) is 7.80. The van der Waals surface area contributed by atoms with Gasteiger partial charge < -0.3 is 5.73 Å². The third kappa shape index (κ3) is 0.988. The third-order valence-corrected chi connectivity index (χ3v) is 3.03. The Kier molecular flexibility index (Phi) is 1.86. The fraction of sp³-hybridized carbons (Fsp3) is 0.778. The van der Waals surface area contributed by atoms with Crippen LogP contribution in [0.1, 0.15) is 27.2 Å². The van der Waals surface area contributed by atoms with Crippen LogP contribution in [0.5, 0.6) is 0 Å². The van der Waals surface area contributed by atoms with Crippen LogP contribution in [0.15, 0.2) is 11.6 Å². The highest BCUT2D eigenvalue weighted by molar-refractivity contribution is 5.18. The Bertz CT molecular complexity index is 156. The van der Waals surface area contributed by atoms with Gasteiger partial charge in [0, 0.05) is 0 Å². The van der Waals surface area contributed by atoms with Crippen molar-refractivity contribution in [3.05, 3.63) is 11.6 Å². The van der Waals surface area contributed by atoms with Gasteiger partial charge in [-0.2, -0.15) is 0 Å². The van der Waals surface area contributed by atoms with E-state index in [2.05, 4.69) is 26.8 Å². The number of nitrogens with two attached hydrogens (primary N) is 1. The standard InChI is InChI=1S/C9H17N/c1-7-4-5-8(6-10)9(7,2)3/h4,8H,5-6,10H2,1-3H3/t8-/m0/s1. The van der Waals surface area contributed by atoms with Gasteiger partial charge in [-0.05, 0) is 31.2 Å². The van der Waals surface area contributed by atoms with Gasteiger partial charge in [0.1, 0.15) is 0 Å². The lowest BCUT2D eigenvalue weighted by Crippen LogP contribution is -2.27. The maximum Gasteiger partial charge on any atom is -0.00377 e. The summed E-state index contributed by atoms with van der Waals surface area (Å²) >= 11 is 0. The van der Waals surface area contributed by atoms with Crippen LogP contribution in [0, 0.1) is 11.3 Å². The topological polar surface area (TPSA) is 26.0 Å². The van der Waals surface area contributed by atoms with Gasteiger partial charge in [0.15, 0.2) is 0 Å². The zero-order valence-corrected chi connectivity index (χ0v) is 7.15. The summed E-state index contributed by atoms with van der Waals surface area (Å²) in [6.07, 6.45) is 3.49. The van der Waals surface area contributed by atoms with E-state index >= 15 is 0 Å². The molecule has 0 aromatic heterocycles. The summed E-state index contributed by atoms with van der Waals surface area (Å²) in [5.41, 5.74) is 7.50. The predicted octanol–water partition coefficient (Wildman–Crippen LogP) is 1.94. The molecule has 0 amide bonds. The lowest BCUT2D eigenvalue weighted by molar-refractivity contribution is 0.300. The SMILES string of the molecule is CC1=CC[C@@H](CN)C1(C)C. The summed E-state index contributed by atoms with van der Waals surface area (Å²) in [4.78, 5) is 0. The summed E-state index contributed by atoms with van der Waals surface area (Å²) < 4.78 is 0. The lowest BCUT2D eigenvalue weighted by atomic mass is 9.78. The van der Waals surface area contributed by atoms with Crippen LogP contribution in [0.4, 0.5) is 0 Å². The van der Waals surface area contributed by atoms with Crippen molar-refractivity contribution in [1.82, 2.24) is 0 Å². The van der Waals surface area contributed by atoms with E-state index in [9.17, 15) is 0 Å². The minimum Gasteiger partial charge on any atom is -0.330 e. The van der Waals surface area contributed by atoms with E-state index in [1.807, 2.05) is 0 Å². The second-order valence-electron chi connectivity index (χ2n) is 3.78. The molecule has 0 radical (unpaired) electrons. The van der Waals surface area contributed by atoms with Crippen molar-refractivity contribution in [3.63, 3.8) is 0 Å². The largest absolute Gasteiger partial charge is 0.330 e. The quantitative estimate of drug-likeness (QED) is 0.552. The van der Waals surface area contributed by atoms with Gasteiger partial charge in [0.25, 0.3) is 0 Å². The molecule has 1 heteroatoms. The minimum absolute atomic E-state index is 0.356. The normalized spacial score (nSPS) is 30.4. The van der Waals surface area contributed by atoms with Gasteiger partial charge in [0.2, 0.25) is 0 Å². The zero-order chi connectivity index (χ0) is 7.78. The molecule has 0 bridgehead atoms. The van der Waals surface area contributed by atoms with Gasteiger partial charge >= 0.3 is 0 Å². The van der Waals surface area contributed by atoms with E-state index in [-0.39, 0.29) is 0 Å². The Balaban J connectivity index is 2.74. The fourth-order valence-electron chi connectivity index (χ4n) is 1.59. The van der Waals surface area contributed by atoms with Crippen molar-refractivity contribution >= 4 is 0 Å². The van der Waals surface area contributed by atoms with Crippen LogP contribution in [0.25, 0.3) is 0 Å². The van der Waals surface area contributed by atoms with E-state index in [1.165, 1.54) is 12.0 Å². The van der Waals surface area contributed by atoms with Crippen LogP contribution in [-0.4, -0.2) is 6.54 Å². The molecule has 58 valence electrons. The van der Waals surface area contributed by atoms with Gasteiger partial charge in [0.05, 0.1) is 0 Å². The van der Waals surface area contributed by atoms with Crippen LogP contribution in [-0.2, 0) is 0 Å². The molecule has 1 nitrogen and oxygen atoms in total. The van der Waals surface area contributed by atoms with Crippen LogP contribution in [0.3, 0.4) is 0 Å². The van der Waals surface area contributed by atoms with Crippen LogP contribution >= 0.6 is 0 Å². The molecule has 0 aromatic rings. The molecule has 10 heavy (non-hydrogen) atoms. The molecular formula is C9H17N. The highest BCUT2D eigenvalue weighted by atomic mass is 14.6. The second kappa shape index (κ2) is 2.39. The molecule has 0 saturated heterocycles. The van der Waals surface area contributed by atoms with Crippen molar-refractivity contribution in [2.45, 2.75) is 27.2 Å². The van der Waals surface area contributed by atoms with E-state index in [0.29, 0.717) is 11.3 Å². The van der Waals surface area contributed by atoms with E-state index < -0.39 is 0 Å². The molecule has 1 aliphatic rings. The zero-order valence-electron chi connectivity index (χ0n) is 7.15. The van der Waals surface area contributed by atoms with Crippen LogP contribution < -0.4 is 5.73 Å². The van der Waals surface area contributed by atoms with Crippen molar-refractivity contribution < 1.29 is 0 Å². The lowest BCUT2D eigenvalue weighted by Gasteiger charge is -2.28. The minimum atomic E-state index is 0.356. The molecular weight excluding hydrogens is 122 g/mol. The van der Waals surface area contributed by atoms with E-state index in [1.54, 1.807) is 0 Å². The molecule has 1 atom stereocenters. The summed E-state index contributed by atoms with van der Waals surface area (Å²) in [6, 6.07) is 0. The number of rotatable bonds is 1. The Morgan fingerprint density at radius 3 is 2.50 bits per heavy atom. The van der Waals surface area contributed by atoms with Crippen molar-refractivity contribution in [1.29, 1.82) is 0 Å². The average Bonchev–Trinajstić information content (AvgIpc) is 2.10. The molecule has 1 rings (SSSR count). The third-order valence-electron chi connectivity index (χ3n) is 3.03. The summed E-state index contributed by atoms with van der Waals surface area (Å²) in [7, 11) is 0. The van der Waals surface area contributed by atoms with Crippen molar-refractivity contribution in [2.75, 3.05) is 6.54 Å². The maximum atomic E-state index is 5.64. The molecule has 0 heterocycles. The Morgan fingerprint density at radius 2 is 2.30 bits per heavy atom. The van der Waals surface area contributed by atoms with Gasteiger partial charge in [-0.25, -0.2) is 0 Å². The smallest absolute Gasteiger partial charge is 0.00377 e. The number of hydrogen-bond donors (Lipinski definition) is 1. The molecule has 0 aliphatic heterocycles. The molecule has 0 aromatic carbocycles. The maximum absolute atomic E-state index is 5.64. The summed E-state index contributed by atoms with van der Waals surface area (Å²) in [5, 5.41) is 0. The van der Waals surface area contributed by atoms with E-state index in [4.69, 9.17) is 5.73 Å². The molecule has 0 unspecified atom stereocenters.